The van der Waals surface area contributed by atoms with Crippen molar-refractivity contribution in [3.05, 3.63) is 39.4 Å². The minimum atomic E-state index is -0.622. The van der Waals surface area contributed by atoms with Gasteiger partial charge in [-0.1, -0.05) is 6.07 Å². The molecule has 0 aliphatic rings. The zero-order chi connectivity index (χ0) is 15.4. The van der Waals surface area contributed by atoms with Gasteiger partial charge in [-0.05, 0) is 18.6 Å². The van der Waals surface area contributed by atoms with Crippen LogP contribution in [-0.2, 0) is 9.53 Å². The lowest BCUT2D eigenvalue weighted by atomic mass is 9.97. The summed E-state index contributed by atoms with van der Waals surface area (Å²) in [5.41, 5.74) is 0.158. The Morgan fingerprint density at radius 2 is 1.95 bits per heavy atom. The number of carbonyl (C=O) groups excluding carboxylic acids is 2. The molecule has 1 aromatic carbocycles. The van der Waals surface area contributed by atoms with E-state index < -0.39 is 22.7 Å². The largest absolute Gasteiger partial charge is 0.469 e. The molecule has 1 unspecified atom stereocenters. The molecule has 20 heavy (non-hydrogen) atoms. The van der Waals surface area contributed by atoms with Crippen LogP contribution >= 0.6 is 0 Å². The van der Waals surface area contributed by atoms with Gasteiger partial charge in [0.05, 0.1) is 18.0 Å². The molecule has 1 rings (SSSR count). The fourth-order valence-electron chi connectivity index (χ4n) is 1.71. The maximum absolute atomic E-state index is 12.0. The molecule has 0 spiro atoms. The Morgan fingerprint density at radius 3 is 2.40 bits per heavy atom. The predicted molar refractivity (Wildman–Crippen MR) is 71.5 cm³/mol. The lowest BCUT2D eigenvalue weighted by molar-refractivity contribution is -0.385. The number of esters is 1. The first kappa shape index (κ1) is 15.6. The highest BCUT2D eigenvalue weighted by atomic mass is 16.6. The van der Waals surface area contributed by atoms with E-state index in [0.717, 1.165) is 0 Å². The second kappa shape index (κ2) is 6.14. The summed E-state index contributed by atoms with van der Waals surface area (Å²) in [5.74, 6) is -1.56. The van der Waals surface area contributed by atoms with Crippen LogP contribution in [0.25, 0.3) is 0 Å². The first-order valence-electron chi connectivity index (χ1n) is 5.87. The van der Waals surface area contributed by atoms with E-state index in [0.29, 0.717) is 5.56 Å². The Morgan fingerprint density at radius 1 is 1.35 bits per heavy atom. The number of rotatable bonds is 4. The smallest absolute Gasteiger partial charge is 0.312 e. The van der Waals surface area contributed by atoms with Gasteiger partial charge in [0.15, 0.2) is 0 Å². The van der Waals surface area contributed by atoms with Gasteiger partial charge in [0, 0.05) is 20.2 Å². The van der Waals surface area contributed by atoms with Crippen molar-refractivity contribution in [2.75, 3.05) is 21.2 Å². The molecule has 1 aromatic rings. The lowest BCUT2D eigenvalue weighted by Crippen LogP contribution is -2.23. The Bertz CT molecular complexity index is 554. The summed E-state index contributed by atoms with van der Waals surface area (Å²) in [6.07, 6.45) is 0. The van der Waals surface area contributed by atoms with Gasteiger partial charge in [0.25, 0.3) is 11.6 Å². The molecule has 0 bridgehead atoms. The van der Waals surface area contributed by atoms with Crippen molar-refractivity contribution >= 4 is 17.6 Å². The Balaban J connectivity index is 3.34. The molecule has 7 nitrogen and oxygen atoms in total. The molecular formula is C13H16N2O5. The highest BCUT2D eigenvalue weighted by Crippen LogP contribution is 2.25. The van der Waals surface area contributed by atoms with Gasteiger partial charge in [-0.25, -0.2) is 0 Å². The highest BCUT2D eigenvalue weighted by Gasteiger charge is 2.25. The standard InChI is InChI=1S/C13H16N2O5/c1-8(13(17)20-4)9-5-6-11(15(18)19)10(7-9)12(16)14(2)3/h5-8H,1-4H3. The second-order valence-corrected chi connectivity index (χ2v) is 4.48. The number of hydrogen-bond acceptors (Lipinski definition) is 5. The molecule has 0 fully saturated rings. The molecule has 1 atom stereocenters. The molecule has 0 N–H and O–H groups in total. The van der Waals surface area contributed by atoms with Gasteiger partial charge in [0.1, 0.15) is 5.56 Å². The Labute approximate surface area is 116 Å². The van der Waals surface area contributed by atoms with E-state index in [1.54, 1.807) is 6.92 Å². The first-order chi connectivity index (χ1) is 9.29. The summed E-state index contributed by atoms with van der Waals surface area (Å²) in [5, 5.41) is 11.0. The summed E-state index contributed by atoms with van der Waals surface area (Å²) in [6, 6.07) is 4.04. The van der Waals surface area contributed by atoms with Crippen LogP contribution in [0, 0.1) is 10.1 Å². The number of amides is 1. The molecule has 0 aliphatic carbocycles. The fraction of sp³-hybridized carbons (Fsp3) is 0.385. The van der Waals surface area contributed by atoms with Crippen molar-refractivity contribution in [2.24, 2.45) is 0 Å². The van der Waals surface area contributed by atoms with Crippen LogP contribution < -0.4 is 0 Å². The lowest BCUT2D eigenvalue weighted by Gasteiger charge is -2.14. The number of hydrogen-bond donors (Lipinski definition) is 0. The summed E-state index contributed by atoms with van der Waals surface area (Å²) in [4.78, 5) is 35.1. The minimum absolute atomic E-state index is 0.0479. The molecule has 108 valence electrons. The van der Waals surface area contributed by atoms with Gasteiger partial charge in [-0.15, -0.1) is 0 Å². The second-order valence-electron chi connectivity index (χ2n) is 4.48. The molecule has 1 amide bonds. The molecule has 0 heterocycles. The van der Waals surface area contributed by atoms with Crippen LogP contribution in [0.15, 0.2) is 18.2 Å². The molecule has 0 aliphatic heterocycles. The van der Waals surface area contributed by atoms with Gasteiger partial charge in [0.2, 0.25) is 0 Å². The average molecular weight is 280 g/mol. The third kappa shape index (κ3) is 3.11. The summed E-state index contributed by atoms with van der Waals surface area (Å²) >= 11 is 0. The van der Waals surface area contributed by atoms with Crippen LogP contribution in [-0.4, -0.2) is 42.9 Å². The normalized spacial score (nSPS) is 11.6. The van der Waals surface area contributed by atoms with E-state index in [4.69, 9.17) is 0 Å². The van der Waals surface area contributed by atoms with E-state index in [9.17, 15) is 19.7 Å². The van der Waals surface area contributed by atoms with Crippen molar-refractivity contribution in [3.63, 3.8) is 0 Å². The highest BCUT2D eigenvalue weighted by molar-refractivity contribution is 5.98. The Hall–Kier alpha value is -2.44. The summed E-state index contributed by atoms with van der Waals surface area (Å²) in [6.45, 7) is 1.61. The van der Waals surface area contributed by atoms with Crippen LogP contribution in [0.2, 0.25) is 0 Å². The summed E-state index contributed by atoms with van der Waals surface area (Å²) in [7, 11) is 4.26. The van der Waals surface area contributed by atoms with Gasteiger partial charge in [-0.3, -0.25) is 19.7 Å². The van der Waals surface area contributed by atoms with Gasteiger partial charge in [-0.2, -0.15) is 0 Å². The van der Waals surface area contributed by atoms with E-state index in [1.807, 2.05) is 0 Å². The molecule has 0 aromatic heterocycles. The number of methoxy groups -OCH3 is 1. The SMILES string of the molecule is COC(=O)C(C)c1ccc([N+](=O)[O-])c(C(=O)N(C)C)c1. The zero-order valence-corrected chi connectivity index (χ0v) is 11.7. The van der Waals surface area contributed by atoms with Crippen LogP contribution in [0.1, 0.15) is 28.8 Å². The van der Waals surface area contributed by atoms with Crippen molar-refractivity contribution < 1.29 is 19.2 Å². The fourth-order valence-corrected chi connectivity index (χ4v) is 1.71. The minimum Gasteiger partial charge on any atom is -0.469 e. The maximum Gasteiger partial charge on any atom is 0.312 e. The van der Waals surface area contributed by atoms with E-state index in [1.165, 1.54) is 44.3 Å². The quantitative estimate of drug-likeness (QED) is 0.474. The van der Waals surface area contributed by atoms with Crippen molar-refractivity contribution in [1.82, 2.24) is 4.90 Å². The topological polar surface area (TPSA) is 89.7 Å². The molecular weight excluding hydrogens is 264 g/mol. The number of carbonyl (C=O) groups is 2. The number of nitro benzene ring substituents is 1. The van der Waals surface area contributed by atoms with E-state index >= 15 is 0 Å². The monoisotopic (exact) mass is 280 g/mol. The number of benzene rings is 1. The van der Waals surface area contributed by atoms with Crippen LogP contribution in [0.4, 0.5) is 5.69 Å². The Kier molecular flexibility index (Phi) is 4.79. The summed E-state index contributed by atoms with van der Waals surface area (Å²) < 4.78 is 4.62. The molecule has 0 saturated heterocycles. The van der Waals surface area contributed by atoms with Crippen LogP contribution in [0.5, 0.6) is 0 Å². The van der Waals surface area contributed by atoms with E-state index in [2.05, 4.69) is 4.74 Å². The third-order valence-corrected chi connectivity index (χ3v) is 2.91. The van der Waals surface area contributed by atoms with Crippen molar-refractivity contribution in [1.29, 1.82) is 0 Å². The van der Waals surface area contributed by atoms with Gasteiger partial charge < -0.3 is 9.64 Å². The third-order valence-electron chi connectivity index (χ3n) is 2.91. The van der Waals surface area contributed by atoms with Crippen molar-refractivity contribution in [3.8, 4) is 0 Å². The number of nitro groups is 1. The first-order valence-corrected chi connectivity index (χ1v) is 5.87. The molecule has 0 saturated carbocycles. The number of nitrogens with zero attached hydrogens (tertiary/aromatic N) is 2. The average Bonchev–Trinajstić information content (AvgIpc) is 2.43. The van der Waals surface area contributed by atoms with Crippen molar-refractivity contribution in [2.45, 2.75) is 12.8 Å². The predicted octanol–water partition coefficient (Wildman–Crippen LogP) is 1.57. The van der Waals surface area contributed by atoms with Gasteiger partial charge >= 0.3 is 5.97 Å². The van der Waals surface area contributed by atoms with E-state index in [-0.39, 0.29) is 11.3 Å². The maximum atomic E-state index is 12.0. The number of ether oxygens (including phenoxy) is 1. The molecule has 7 heteroatoms. The molecule has 0 radical (unpaired) electrons. The zero-order valence-electron chi connectivity index (χ0n) is 11.7. The van der Waals surface area contributed by atoms with Crippen LogP contribution in [0.3, 0.4) is 0 Å².